The minimum absolute atomic E-state index is 0. The van der Waals surface area contributed by atoms with Crippen LogP contribution in [0, 0.1) is 13.8 Å². The van der Waals surface area contributed by atoms with E-state index in [-0.39, 0.29) is 24.0 Å². The average molecular weight is 435 g/mol. The number of halogens is 1. The lowest BCUT2D eigenvalue weighted by molar-refractivity contribution is 0.926. The molecule has 0 atom stereocenters. The summed E-state index contributed by atoms with van der Waals surface area (Å²) < 4.78 is 0.941. The van der Waals surface area contributed by atoms with Gasteiger partial charge in [-0.25, -0.2) is 4.99 Å². The SMILES string of the molecule is CSc1nnc(CN=C(N)Nc2ccc(C)c(C)c2)s1.I. The van der Waals surface area contributed by atoms with E-state index in [0.717, 1.165) is 15.0 Å². The van der Waals surface area contributed by atoms with Crippen molar-refractivity contribution in [3.8, 4) is 0 Å². The zero-order valence-electron chi connectivity index (χ0n) is 12.1. The number of aliphatic imine (C=N–C) groups is 1. The Hall–Kier alpha value is -0.870. The van der Waals surface area contributed by atoms with Crippen molar-refractivity contribution in [3.05, 3.63) is 34.3 Å². The topological polar surface area (TPSA) is 76.2 Å². The van der Waals surface area contributed by atoms with Crippen molar-refractivity contribution < 1.29 is 0 Å². The summed E-state index contributed by atoms with van der Waals surface area (Å²) in [5.74, 6) is 0.383. The van der Waals surface area contributed by atoms with Crippen LogP contribution in [0.2, 0.25) is 0 Å². The number of anilines is 1. The molecule has 0 spiro atoms. The zero-order valence-corrected chi connectivity index (χ0v) is 16.0. The van der Waals surface area contributed by atoms with E-state index in [2.05, 4.69) is 46.5 Å². The number of rotatable bonds is 4. The van der Waals surface area contributed by atoms with Crippen molar-refractivity contribution in [2.24, 2.45) is 10.7 Å². The Labute approximate surface area is 149 Å². The van der Waals surface area contributed by atoms with Gasteiger partial charge in [-0.15, -0.1) is 34.2 Å². The monoisotopic (exact) mass is 435 g/mol. The minimum atomic E-state index is 0. The van der Waals surface area contributed by atoms with Gasteiger partial charge in [-0.05, 0) is 43.4 Å². The van der Waals surface area contributed by atoms with Gasteiger partial charge in [0, 0.05) is 5.69 Å². The van der Waals surface area contributed by atoms with Crippen molar-refractivity contribution >= 4 is 58.7 Å². The molecule has 0 amide bonds. The third-order valence-corrected chi connectivity index (χ3v) is 4.67. The Kier molecular flexibility index (Phi) is 7.40. The van der Waals surface area contributed by atoms with E-state index in [9.17, 15) is 0 Å². The summed E-state index contributed by atoms with van der Waals surface area (Å²) in [6.07, 6.45) is 1.98. The zero-order chi connectivity index (χ0) is 14.5. The molecule has 3 N–H and O–H groups in total. The van der Waals surface area contributed by atoms with Gasteiger partial charge in [0.25, 0.3) is 0 Å². The molecule has 2 rings (SSSR count). The molecule has 0 unspecified atom stereocenters. The van der Waals surface area contributed by atoms with Crippen molar-refractivity contribution in [3.63, 3.8) is 0 Å². The number of nitrogens with zero attached hydrogens (tertiary/aromatic N) is 3. The molecule has 0 saturated carbocycles. The molecule has 1 aromatic carbocycles. The number of guanidine groups is 1. The van der Waals surface area contributed by atoms with Crippen molar-refractivity contribution in [1.29, 1.82) is 0 Å². The van der Waals surface area contributed by atoms with E-state index in [0.29, 0.717) is 12.5 Å². The second kappa shape index (κ2) is 8.54. The lowest BCUT2D eigenvalue weighted by Crippen LogP contribution is -2.22. The maximum atomic E-state index is 5.87. The number of aromatic nitrogens is 2. The Morgan fingerprint density at radius 3 is 2.71 bits per heavy atom. The van der Waals surface area contributed by atoms with E-state index in [1.54, 1.807) is 11.8 Å². The summed E-state index contributed by atoms with van der Waals surface area (Å²) >= 11 is 3.11. The van der Waals surface area contributed by atoms with E-state index >= 15 is 0 Å². The molecular weight excluding hydrogens is 417 g/mol. The van der Waals surface area contributed by atoms with E-state index in [4.69, 9.17) is 5.73 Å². The fraction of sp³-hybridized carbons (Fsp3) is 0.308. The molecule has 2 aromatic rings. The van der Waals surface area contributed by atoms with Crippen molar-refractivity contribution in [2.45, 2.75) is 24.7 Å². The van der Waals surface area contributed by atoms with E-state index < -0.39 is 0 Å². The number of aryl methyl sites for hydroxylation is 2. The first-order valence-corrected chi connectivity index (χ1v) is 8.13. The molecule has 0 aliphatic rings. The predicted molar refractivity (Wildman–Crippen MR) is 102 cm³/mol. The molecule has 1 heterocycles. The standard InChI is InChI=1S/C13H17N5S2.HI/c1-8-4-5-10(6-9(8)2)16-12(14)15-7-11-17-18-13(19-3)20-11;/h4-6H,7H2,1-3H3,(H3,14,15,16);1H. The van der Waals surface area contributed by atoms with Gasteiger partial charge in [0.1, 0.15) is 5.01 Å². The van der Waals surface area contributed by atoms with Gasteiger partial charge < -0.3 is 11.1 Å². The Bertz CT molecular complexity index is 627. The number of thioether (sulfide) groups is 1. The Balaban J connectivity index is 0.00000220. The highest BCUT2D eigenvalue weighted by atomic mass is 127. The van der Waals surface area contributed by atoms with Gasteiger partial charge in [0.15, 0.2) is 10.3 Å². The molecule has 0 aliphatic heterocycles. The highest BCUT2D eigenvalue weighted by molar-refractivity contribution is 14.0. The maximum Gasteiger partial charge on any atom is 0.193 e. The summed E-state index contributed by atoms with van der Waals surface area (Å²) in [6, 6.07) is 6.09. The smallest absolute Gasteiger partial charge is 0.193 e. The third-order valence-electron chi connectivity index (χ3n) is 2.79. The van der Waals surface area contributed by atoms with Crippen LogP contribution in [0.15, 0.2) is 27.5 Å². The van der Waals surface area contributed by atoms with Crippen LogP contribution in [0.4, 0.5) is 5.69 Å². The lowest BCUT2D eigenvalue weighted by atomic mass is 10.1. The first kappa shape index (κ1) is 18.2. The van der Waals surface area contributed by atoms with Gasteiger partial charge >= 0.3 is 0 Å². The number of benzene rings is 1. The van der Waals surface area contributed by atoms with Crippen LogP contribution in [-0.2, 0) is 6.54 Å². The normalized spacial score (nSPS) is 11.1. The first-order chi connectivity index (χ1) is 9.58. The van der Waals surface area contributed by atoms with Crippen LogP contribution >= 0.6 is 47.1 Å². The molecule has 21 heavy (non-hydrogen) atoms. The number of hydrogen-bond donors (Lipinski definition) is 2. The minimum Gasteiger partial charge on any atom is -0.370 e. The number of nitrogens with one attached hydrogen (secondary N) is 1. The Morgan fingerprint density at radius 2 is 2.10 bits per heavy atom. The fourth-order valence-corrected chi connectivity index (χ4v) is 2.78. The van der Waals surface area contributed by atoms with Gasteiger partial charge in [0.05, 0.1) is 6.54 Å². The summed E-state index contributed by atoms with van der Waals surface area (Å²) in [7, 11) is 0. The molecule has 1 aromatic heterocycles. The number of hydrogen-bond acceptors (Lipinski definition) is 5. The van der Waals surface area contributed by atoms with Crippen molar-refractivity contribution in [2.75, 3.05) is 11.6 Å². The highest BCUT2D eigenvalue weighted by Crippen LogP contribution is 2.20. The molecule has 0 radical (unpaired) electrons. The average Bonchev–Trinajstić information content (AvgIpc) is 2.89. The Morgan fingerprint density at radius 1 is 1.33 bits per heavy atom. The quantitative estimate of drug-likeness (QED) is 0.333. The summed E-state index contributed by atoms with van der Waals surface area (Å²) in [6.45, 7) is 4.59. The first-order valence-electron chi connectivity index (χ1n) is 6.09. The van der Waals surface area contributed by atoms with Crippen LogP contribution in [-0.4, -0.2) is 22.4 Å². The van der Waals surface area contributed by atoms with Crippen LogP contribution in [0.1, 0.15) is 16.1 Å². The van der Waals surface area contributed by atoms with E-state index in [1.807, 2.05) is 12.3 Å². The molecule has 8 heteroatoms. The van der Waals surface area contributed by atoms with E-state index in [1.165, 1.54) is 22.5 Å². The van der Waals surface area contributed by atoms with Gasteiger partial charge in [-0.3, -0.25) is 0 Å². The second-order valence-electron chi connectivity index (χ2n) is 4.29. The molecule has 0 fully saturated rings. The second-order valence-corrected chi connectivity index (χ2v) is 6.41. The van der Waals surface area contributed by atoms with Gasteiger partial charge in [-0.1, -0.05) is 29.2 Å². The summed E-state index contributed by atoms with van der Waals surface area (Å²) in [4.78, 5) is 4.27. The number of nitrogens with two attached hydrogens (primary N) is 1. The van der Waals surface area contributed by atoms with Crippen LogP contribution in [0.25, 0.3) is 0 Å². The summed E-state index contributed by atoms with van der Waals surface area (Å²) in [5.41, 5.74) is 9.29. The largest absolute Gasteiger partial charge is 0.370 e. The summed E-state index contributed by atoms with van der Waals surface area (Å²) in [5, 5.41) is 12.0. The lowest BCUT2D eigenvalue weighted by Gasteiger charge is -2.07. The molecule has 0 bridgehead atoms. The molecule has 0 aliphatic carbocycles. The van der Waals surface area contributed by atoms with Gasteiger partial charge in [0.2, 0.25) is 0 Å². The highest BCUT2D eigenvalue weighted by Gasteiger charge is 2.03. The molecule has 0 saturated heterocycles. The maximum absolute atomic E-state index is 5.87. The van der Waals surface area contributed by atoms with Crippen LogP contribution in [0.5, 0.6) is 0 Å². The predicted octanol–water partition coefficient (Wildman–Crippen LogP) is 3.42. The van der Waals surface area contributed by atoms with Gasteiger partial charge in [-0.2, -0.15) is 0 Å². The molecule has 5 nitrogen and oxygen atoms in total. The van der Waals surface area contributed by atoms with Crippen LogP contribution in [0.3, 0.4) is 0 Å². The van der Waals surface area contributed by atoms with Crippen molar-refractivity contribution in [1.82, 2.24) is 10.2 Å². The molecular formula is C13H18IN5S2. The third kappa shape index (κ3) is 5.44. The molecule has 114 valence electrons. The fourth-order valence-electron chi connectivity index (χ4n) is 1.54. The van der Waals surface area contributed by atoms with Crippen LogP contribution < -0.4 is 11.1 Å².